The lowest BCUT2D eigenvalue weighted by molar-refractivity contribution is 0.617. The lowest BCUT2D eigenvalue weighted by Crippen LogP contribution is -2.06. The molecular weight excluding hydrogens is 287 g/mol. The van der Waals surface area contributed by atoms with Gasteiger partial charge in [-0.25, -0.2) is 4.39 Å². The standard InChI is InChI=1S/C11H12BrFN4/c1-17-15-11(14-16-17)6-9(7-12)8-3-2-4-10(13)5-8/h2-5,9H,6-7H2,1H3. The fourth-order valence-electron chi connectivity index (χ4n) is 1.65. The number of aromatic nitrogens is 4. The Morgan fingerprint density at radius 1 is 1.47 bits per heavy atom. The van der Waals surface area contributed by atoms with Gasteiger partial charge in [0.1, 0.15) is 5.82 Å². The fourth-order valence-corrected chi connectivity index (χ4v) is 2.25. The van der Waals surface area contributed by atoms with Crippen molar-refractivity contribution in [2.75, 3.05) is 5.33 Å². The second-order valence-corrected chi connectivity index (χ2v) is 4.45. The molecule has 17 heavy (non-hydrogen) atoms. The van der Waals surface area contributed by atoms with Crippen molar-refractivity contribution in [3.05, 3.63) is 41.5 Å². The van der Waals surface area contributed by atoms with Crippen LogP contribution >= 0.6 is 15.9 Å². The largest absolute Gasteiger partial charge is 0.207 e. The first-order chi connectivity index (χ1) is 8.19. The highest BCUT2D eigenvalue weighted by Gasteiger charge is 2.14. The van der Waals surface area contributed by atoms with Gasteiger partial charge in [-0.2, -0.15) is 4.80 Å². The number of alkyl halides is 1. The number of halogens is 2. The van der Waals surface area contributed by atoms with Crippen LogP contribution in [0.25, 0.3) is 0 Å². The highest BCUT2D eigenvalue weighted by molar-refractivity contribution is 9.09. The van der Waals surface area contributed by atoms with Gasteiger partial charge in [0, 0.05) is 17.7 Å². The summed E-state index contributed by atoms with van der Waals surface area (Å²) in [7, 11) is 1.72. The van der Waals surface area contributed by atoms with Gasteiger partial charge in [0.2, 0.25) is 0 Å². The molecule has 0 saturated heterocycles. The van der Waals surface area contributed by atoms with Gasteiger partial charge in [0.05, 0.1) is 7.05 Å². The summed E-state index contributed by atoms with van der Waals surface area (Å²) < 4.78 is 13.1. The van der Waals surface area contributed by atoms with Crippen molar-refractivity contribution in [1.82, 2.24) is 20.2 Å². The van der Waals surface area contributed by atoms with Crippen molar-refractivity contribution in [2.45, 2.75) is 12.3 Å². The Kier molecular flexibility index (Phi) is 3.83. The minimum absolute atomic E-state index is 0.148. The average molecular weight is 299 g/mol. The minimum Gasteiger partial charge on any atom is -0.207 e. The Balaban J connectivity index is 2.16. The molecule has 6 heteroatoms. The van der Waals surface area contributed by atoms with Crippen molar-refractivity contribution in [2.24, 2.45) is 7.05 Å². The third-order valence-electron chi connectivity index (χ3n) is 2.49. The Bertz CT molecular complexity index is 500. The van der Waals surface area contributed by atoms with Crippen LogP contribution in [0.3, 0.4) is 0 Å². The van der Waals surface area contributed by atoms with Crippen LogP contribution in [0.4, 0.5) is 4.39 Å². The maximum absolute atomic E-state index is 13.1. The third-order valence-corrected chi connectivity index (χ3v) is 3.27. The van der Waals surface area contributed by atoms with Crippen molar-refractivity contribution < 1.29 is 4.39 Å². The molecule has 1 unspecified atom stereocenters. The van der Waals surface area contributed by atoms with Gasteiger partial charge in [-0.3, -0.25) is 0 Å². The number of hydrogen-bond acceptors (Lipinski definition) is 3. The zero-order valence-corrected chi connectivity index (χ0v) is 10.9. The summed E-state index contributed by atoms with van der Waals surface area (Å²) in [6.07, 6.45) is 0.641. The highest BCUT2D eigenvalue weighted by atomic mass is 79.9. The molecule has 2 aromatic rings. The Morgan fingerprint density at radius 2 is 2.29 bits per heavy atom. The first kappa shape index (κ1) is 12.2. The van der Waals surface area contributed by atoms with Crippen LogP contribution in [0.15, 0.2) is 24.3 Å². The quantitative estimate of drug-likeness (QED) is 0.812. The van der Waals surface area contributed by atoms with Gasteiger partial charge in [-0.15, -0.1) is 10.2 Å². The first-order valence-corrected chi connectivity index (χ1v) is 6.35. The Morgan fingerprint density at radius 3 is 2.88 bits per heavy atom. The SMILES string of the molecule is Cn1nnc(CC(CBr)c2cccc(F)c2)n1. The van der Waals surface area contributed by atoms with E-state index in [2.05, 4.69) is 31.3 Å². The Hall–Kier alpha value is -1.30. The van der Waals surface area contributed by atoms with Crippen LogP contribution in [0.2, 0.25) is 0 Å². The minimum atomic E-state index is -0.222. The molecule has 0 saturated carbocycles. The van der Waals surface area contributed by atoms with Crippen LogP contribution in [0, 0.1) is 5.82 Å². The topological polar surface area (TPSA) is 43.6 Å². The van der Waals surface area contributed by atoms with E-state index in [9.17, 15) is 4.39 Å². The highest BCUT2D eigenvalue weighted by Crippen LogP contribution is 2.22. The first-order valence-electron chi connectivity index (χ1n) is 5.23. The number of hydrogen-bond donors (Lipinski definition) is 0. The normalized spacial score (nSPS) is 12.6. The number of tetrazole rings is 1. The molecule has 2 rings (SSSR count). The van der Waals surface area contributed by atoms with Gasteiger partial charge in [-0.1, -0.05) is 28.1 Å². The van der Waals surface area contributed by atoms with E-state index >= 15 is 0 Å². The molecule has 0 amide bonds. The Labute approximate surface area is 107 Å². The fraction of sp³-hybridized carbons (Fsp3) is 0.364. The van der Waals surface area contributed by atoms with Crippen LogP contribution in [-0.4, -0.2) is 25.5 Å². The molecule has 90 valence electrons. The lowest BCUT2D eigenvalue weighted by Gasteiger charge is -2.12. The number of nitrogens with zero attached hydrogens (tertiary/aromatic N) is 4. The molecule has 1 atom stereocenters. The predicted octanol–water partition coefficient (Wildman–Crippen LogP) is 2.07. The van der Waals surface area contributed by atoms with E-state index in [0.717, 1.165) is 10.9 Å². The second-order valence-electron chi connectivity index (χ2n) is 3.81. The van der Waals surface area contributed by atoms with Crippen molar-refractivity contribution >= 4 is 15.9 Å². The number of benzene rings is 1. The zero-order valence-electron chi connectivity index (χ0n) is 9.35. The summed E-state index contributed by atoms with van der Waals surface area (Å²) in [5, 5.41) is 12.6. The second kappa shape index (κ2) is 5.35. The molecule has 1 aromatic carbocycles. The summed E-state index contributed by atoms with van der Waals surface area (Å²) in [6, 6.07) is 6.60. The van der Waals surface area contributed by atoms with Crippen LogP contribution < -0.4 is 0 Å². The average Bonchev–Trinajstić information content (AvgIpc) is 2.72. The molecule has 0 fully saturated rings. The van der Waals surface area contributed by atoms with E-state index in [0.29, 0.717) is 12.2 Å². The summed E-state index contributed by atoms with van der Waals surface area (Å²) in [6.45, 7) is 0. The van der Waals surface area contributed by atoms with Crippen LogP contribution in [-0.2, 0) is 13.5 Å². The van der Waals surface area contributed by atoms with E-state index in [4.69, 9.17) is 0 Å². The lowest BCUT2D eigenvalue weighted by atomic mass is 9.97. The van der Waals surface area contributed by atoms with Crippen molar-refractivity contribution in [3.63, 3.8) is 0 Å². The van der Waals surface area contributed by atoms with E-state index < -0.39 is 0 Å². The van der Waals surface area contributed by atoms with Gasteiger partial charge in [0.15, 0.2) is 5.82 Å². The van der Waals surface area contributed by atoms with Crippen molar-refractivity contribution in [3.8, 4) is 0 Å². The molecular formula is C11H12BrFN4. The smallest absolute Gasteiger partial charge is 0.175 e. The molecule has 1 aromatic heterocycles. The summed E-state index contributed by atoms with van der Waals surface area (Å²) in [5.74, 6) is 0.594. The van der Waals surface area contributed by atoms with Gasteiger partial charge in [-0.05, 0) is 22.9 Å². The molecule has 0 aliphatic rings. The summed E-state index contributed by atoms with van der Waals surface area (Å²) >= 11 is 3.44. The monoisotopic (exact) mass is 298 g/mol. The third kappa shape index (κ3) is 3.09. The molecule has 0 aliphatic heterocycles. The van der Waals surface area contributed by atoms with Gasteiger partial charge >= 0.3 is 0 Å². The molecule has 0 bridgehead atoms. The van der Waals surface area contributed by atoms with Crippen LogP contribution in [0.1, 0.15) is 17.3 Å². The number of aryl methyl sites for hydroxylation is 1. The maximum atomic E-state index is 13.1. The predicted molar refractivity (Wildman–Crippen MR) is 65.4 cm³/mol. The molecule has 0 N–H and O–H groups in total. The molecule has 0 radical (unpaired) electrons. The van der Waals surface area contributed by atoms with Gasteiger partial charge < -0.3 is 0 Å². The van der Waals surface area contributed by atoms with E-state index in [1.807, 2.05) is 6.07 Å². The molecule has 0 aliphatic carbocycles. The van der Waals surface area contributed by atoms with E-state index in [1.54, 1.807) is 19.2 Å². The van der Waals surface area contributed by atoms with Crippen LogP contribution in [0.5, 0.6) is 0 Å². The molecule has 4 nitrogen and oxygen atoms in total. The van der Waals surface area contributed by atoms with E-state index in [1.165, 1.54) is 10.9 Å². The summed E-state index contributed by atoms with van der Waals surface area (Å²) in [5.41, 5.74) is 0.939. The van der Waals surface area contributed by atoms with E-state index in [-0.39, 0.29) is 11.7 Å². The molecule has 0 spiro atoms. The zero-order chi connectivity index (χ0) is 12.3. The maximum Gasteiger partial charge on any atom is 0.175 e. The van der Waals surface area contributed by atoms with Gasteiger partial charge in [0.25, 0.3) is 0 Å². The summed E-state index contributed by atoms with van der Waals surface area (Å²) in [4.78, 5) is 1.42. The number of rotatable bonds is 4. The molecule has 1 heterocycles. The van der Waals surface area contributed by atoms with Crippen molar-refractivity contribution in [1.29, 1.82) is 0 Å².